The number of oxazole rings is 1. The fraction of sp³-hybridized carbons (Fsp3) is 0.238. The molecule has 1 amide bonds. The van der Waals surface area contributed by atoms with Gasteiger partial charge in [0.25, 0.3) is 0 Å². The molecule has 6 heteroatoms. The summed E-state index contributed by atoms with van der Waals surface area (Å²) in [4.78, 5) is 21.1. The maximum Gasteiger partial charge on any atom is 0.241 e. The summed E-state index contributed by atoms with van der Waals surface area (Å²) >= 11 is 6.25. The van der Waals surface area contributed by atoms with Crippen molar-refractivity contribution < 1.29 is 9.21 Å². The van der Waals surface area contributed by atoms with Gasteiger partial charge in [0.05, 0.1) is 22.8 Å². The fourth-order valence-corrected chi connectivity index (χ4v) is 3.49. The molecule has 0 bridgehead atoms. The summed E-state index contributed by atoms with van der Waals surface area (Å²) in [6, 6.07) is 17.3. The average molecular weight is 382 g/mol. The number of nitrogens with zero attached hydrogens (tertiary/aromatic N) is 3. The molecule has 0 radical (unpaired) electrons. The molecule has 0 saturated carbocycles. The van der Waals surface area contributed by atoms with Crippen LogP contribution in [0.25, 0.3) is 11.5 Å². The molecule has 1 aliphatic heterocycles. The molecule has 27 heavy (non-hydrogen) atoms. The van der Waals surface area contributed by atoms with E-state index in [4.69, 9.17) is 16.0 Å². The lowest BCUT2D eigenvalue weighted by Crippen LogP contribution is -2.50. The van der Waals surface area contributed by atoms with Crippen LogP contribution in [-0.4, -0.2) is 35.4 Å². The number of hydrogen-bond acceptors (Lipinski definition) is 4. The van der Waals surface area contributed by atoms with Crippen LogP contribution >= 0.6 is 11.6 Å². The van der Waals surface area contributed by atoms with Crippen LogP contribution < -0.4 is 4.90 Å². The Morgan fingerprint density at radius 2 is 1.81 bits per heavy atom. The topological polar surface area (TPSA) is 49.6 Å². The molecule has 0 N–H and O–H groups in total. The minimum absolute atomic E-state index is 0.0972. The van der Waals surface area contributed by atoms with Gasteiger partial charge in [0, 0.05) is 25.3 Å². The molecule has 2 heterocycles. The van der Waals surface area contributed by atoms with Crippen molar-refractivity contribution >= 4 is 23.2 Å². The second-order valence-electron chi connectivity index (χ2n) is 6.59. The normalized spacial score (nSPS) is 15.3. The van der Waals surface area contributed by atoms with E-state index in [1.54, 1.807) is 0 Å². The van der Waals surface area contributed by atoms with Gasteiger partial charge in [-0.1, -0.05) is 41.9 Å². The SMILES string of the molecule is Cc1oc(-c2ccccc2Cl)nc1CN1CCN(c2ccccc2)C(=O)C1. The quantitative estimate of drug-likeness (QED) is 0.681. The highest BCUT2D eigenvalue weighted by atomic mass is 35.5. The van der Waals surface area contributed by atoms with Gasteiger partial charge in [0.2, 0.25) is 11.8 Å². The minimum Gasteiger partial charge on any atom is -0.441 e. The molecular formula is C21H20ClN3O2. The first-order chi connectivity index (χ1) is 13.1. The molecule has 4 rings (SSSR count). The van der Waals surface area contributed by atoms with Gasteiger partial charge in [-0.3, -0.25) is 9.69 Å². The van der Waals surface area contributed by atoms with Gasteiger partial charge < -0.3 is 9.32 Å². The number of hydrogen-bond donors (Lipinski definition) is 0. The van der Waals surface area contributed by atoms with Gasteiger partial charge in [-0.05, 0) is 31.2 Å². The zero-order valence-electron chi connectivity index (χ0n) is 15.1. The van der Waals surface area contributed by atoms with Gasteiger partial charge in [0.15, 0.2) is 0 Å². The van der Waals surface area contributed by atoms with E-state index in [1.807, 2.05) is 66.4 Å². The van der Waals surface area contributed by atoms with Gasteiger partial charge in [-0.25, -0.2) is 4.98 Å². The van der Waals surface area contributed by atoms with Crippen LogP contribution in [0.3, 0.4) is 0 Å². The number of amides is 1. The van der Waals surface area contributed by atoms with Crippen molar-refractivity contribution in [1.82, 2.24) is 9.88 Å². The first-order valence-corrected chi connectivity index (χ1v) is 9.28. The first-order valence-electron chi connectivity index (χ1n) is 8.91. The van der Waals surface area contributed by atoms with E-state index in [0.29, 0.717) is 30.5 Å². The fourth-order valence-electron chi connectivity index (χ4n) is 3.27. The third-order valence-corrected chi connectivity index (χ3v) is 5.07. The third-order valence-electron chi connectivity index (χ3n) is 4.74. The van der Waals surface area contributed by atoms with Crippen molar-refractivity contribution in [2.45, 2.75) is 13.5 Å². The van der Waals surface area contributed by atoms with E-state index in [-0.39, 0.29) is 5.91 Å². The molecule has 1 fully saturated rings. The number of carbonyl (C=O) groups is 1. The highest BCUT2D eigenvalue weighted by molar-refractivity contribution is 6.33. The zero-order chi connectivity index (χ0) is 18.8. The number of para-hydroxylation sites is 1. The van der Waals surface area contributed by atoms with Crippen LogP contribution in [0, 0.1) is 6.92 Å². The number of carbonyl (C=O) groups excluding carboxylic acids is 1. The summed E-state index contributed by atoms with van der Waals surface area (Å²) < 4.78 is 5.82. The average Bonchev–Trinajstić information content (AvgIpc) is 3.03. The van der Waals surface area contributed by atoms with Crippen molar-refractivity contribution in [1.29, 1.82) is 0 Å². The van der Waals surface area contributed by atoms with Gasteiger partial charge in [0.1, 0.15) is 5.76 Å². The molecule has 0 aliphatic carbocycles. The molecule has 5 nitrogen and oxygen atoms in total. The minimum atomic E-state index is 0.0972. The van der Waals surface area contributed by atoms with Gasteiger partial charge >= 0.3 is 0 Å². The second-order valence-corrected chi connectivity index (χ2v) is 7.00. The van der Waals surface area contributed by atoms with E-state index in [2.05, 4.69) is 9.88 Å². The largest absolute Gasteiger partial charge is 0.441 e. The van der Waals surface area contributed by atoms with Crippen LogP contribution in [0.15, 0.2) is 59.0 Å². The number of anilines is 1. The van der Waals surface area contributed by atoms with E-state index in [9.17, 15) is 4.79 Å². The van der Waals surface area contributed by atoms with Gasteiger partial charge in [-0.15, -0.1) is 0 Å². The summed E-state index contributed by atoms with van der Waals surface area (Å²) in [6.07, 6.45) is 0. The number of benzene rings is 2. The Hall–Kier alpha value is -2.63. The van der Waals surface area contributed by atoms with Crippen molar-refractivity contribution in [3.63, 3.8) is 0 Å². The monoisotopic (exact) mass is 381 g/mol. The van der Waals surface area contributed by atoms with Crippen LogP contribution in [0.5, 0.6) is 0 Å². The Labute approximate surface area is 163 Å². The molecular weight excluding hydrogens is 362 g/mol. The lowest BCUT2D eigenvalue weighted by molar-refractivity contribution is -0.121. The third kappa shape index (κ3) is 3.75. The molecule has 0 unspecified atom stereocenters. The van der Waals surface area contributed by atoms with Crippen LogP contribution in [0.2, 0.25) is 5.02 Å². The number of aromatic nitrogens is 1. The predicted molar refractivity (Wildman–Crippen MR) is 106 cm³/mol. The number of rotatable bonds is 4. The summed E-state index contributed by atoms with van der Waals surface area (Å²) in [6.45, 7) is 4.28. The smallest absolute Gasteiger partial charge is 0.241 e. The lowest BCUT2D eigenvalue weighted by atomic mass is 10.2. The Kier molecular flexibility index (Phi) is 4.97. The summed E-state index contributed by atoms with van der Waals surface area (Å²) in [5, 5.41) is 0.608. The summed E-state index contributed by atoms with van der Waals surface area (Å²) in [5.41, 5.74) is 2.56. The number of piperazine rings is 1. The van der Waals surface area contributed by atoms with E-state index in [1.165, 1.54) is 0 Å². The number of halogens is 1. The highest BCUT2D eigenvalue weighted by Crippen LogP contribution is 2.29. The highest BCUT2D eigenvalue weighted by Gasteiger charge is 2.26. The predicted octanol–water partition coefficient (Wildman–Crippen LogP) is 4.15. The van der Waals surface area contributed by atoms with Crippen molar-refractivity contribution in [2.75, 3.05) is 24.5 Å². The van der Waals surface area contributed by atoms with Crippen LogP contribution in [0.1, 0.15) is 11.5 Å². The maximum atomic E-state index is 12.6. The Balaban J connectivity index is 1.46. The van der Waals surface area contributed by atoms with Gasteiger partial charge in [-0.2, -0.15) is 0 Å². The van der Waals surface area contributed by atoms with Crippen molar-refractivity contribution in [2.24, 2.45) is 0 Å². The van der Waals surface area contributed by atoms with Crippen LogP contribution in [-0.2, 0) is 11.3 Å². The Bertz CT molecular complexity index is 955. The molecule has 0 atom stereocenters. The molecule has 138 valence electrons. The molecule has 1 aromatic heterocycles. The Morgan fingerprint density at radius 1 is 1.07 bits per heavy atom. The molecule has 2 aromatic carbocycles. The zero-order valence-corrected chi connectivity index (χ0v) is 15.8. The van der Waals surface area contributed by atoms with E-state index in [0.717, 1.165) is 29.2 Å². The van der Waals surface area contributed by atoms with Crippen molar-refractivity contribution in [3.05, 3.63) is 71.1 Å². The maximum absolute atomic E-state index is 12.6. The summed E-state index contributed by atoms with van der Waals surface area (Å²) in [7, 11) is 0. The Morgan fingerprint density at radius 3 is 2.56 bits per heavy atom. The van der Waals surface area contributed by atoms with Crippen LogP contribution in [0.4, 0.5) is 5.69 Å². The molecule has 1 aliphatic rings. The molecule has 0 spiro atoms. The number of aryl methyl sites for hydroxylation is 1. The standard InChI is InChI=1S/C21H20ClN3O2/c1-15-19(23-21(27-15)17-9-5-6-10-18(17)22)13-24-11-12-25(20(26)14-24)16-7-3-2-4-8-16/h2-10H,11-14H2,1H3. The second kappa shape index (κ2) is 7.55. The van der Waals surface area contributed by atoms with E-state index < -0.39 is 0 Å². The van der Waals surface area contributed by atoms with Crippen molar-refractivity contribution in [3.8, 4) is 11.5 Å². The van der Waals surface area contributed by atoms with E-state index >= 15 is 0 Å². The first kappa shape index (κ1) is 17.8. The molecule has 3 aromatic rings. The lowest BCUT2D eigenvalue weighted by Gasteiger charge is -2.34. The molecule has 1 saturated heterocycles. The summed E-state index contributed by atoms with van der Waals surface area (Å²) in [5.74, 6) is 1.37.